The van der Waals surface area contributed by atoms with Crippen LogP contribution in [0.4, 0.5) is 0 Å². The zero-order chi connectivity index (χ0) is 19.7. The van der Waals surface area contributed by atoms with Gasteiger partial charge in [0.1, 0.15) is 0 Å². The molecule has 0 aliphatic heterocycles. The number of benzene rings is 2. The number of sulfonamides is 2. The molecular weight excluding hydrogens is 378 g/mol. The van der Waals surface area contributed by atoms with Gasteiger partial charge in [-0.15, -0.1) is 0 Å². The van der Waals surface area contributed by atoms with Crippen LogP contribution in [-0.2, 0) is 20.0 Å². The second-order valence-corrected chi connectivity index (χ2v) is 9.26. The van der Waals surface area contributed by atoms with Crippen molar-refractivity contribution in [3.05, 3.63) is 59.7 Å². The lowest BCUT2D eigenvalue weighted by Crippen LogP contribution is -2.30. The fourth-order valence-corrected chi connectivity index (χ4v) is 4.18. The fraction of sp³-hybridized carbons (Fsp3) is 0.188. The number of nitrogens with zero attached hydrogens (tertiary/aromatic N) is 1. The first-order valence-corrected chi connectivity index (χ1v) is 10.4. The van der Waals surface area contributed by atoms with Crippen molar-refractivity contribution in [2.24, 2.45) is 10.9 Å². The molecule has 2 aromatic carbocycles. The molecule has 26 heavy (non-hydrogen) atoms. The van der Waals surface area contributed by atoms with E-state index in [1.807, 2.05) is 0 Å². The molecule has 10 heteroatoms. The van der Waals surface area contributed by atoms with Gasteiger partial charge in [0, 0.05) is 18.7 Å². The van der Waals surface area contributed by atoms with Crippen LogP contribution in [0, 0.1) is 0 Å². The van der Waals surface area contributed by atoms with Gasteiger partial charge in [0.05, 0.1) is 9.79 Å². The van der Waals surface area contributed by atoms with E-state index in [9.17, 15) is 21.6 Å². The Hall–Kier alpha value is -2.27. The van der Waals surface area contributed by atoms with E-state index in [0.717, 1.165) is 4.31 Å². The molecule has 0 radical (unpaired) electrons. The van der Waals surface area contributed by atoms with Crippen LogP contribution in [0.3, 0.4) is 0 Å². The molecule has 0 bridgehead atoms. The topological polar surface area (TPSA) is 141 Å². The number of carbonyl (C=O) groups is 1. The minimum absolute atomic E-state index is 0.0120. The zero-order valence-electron chi connectivity index (χ0n) is 14.2. The number of primary amides is 1. The van der Waals surface area contributed by atoms with Gasteiger partial charge in [0.25, 0.3) is 0 Å². The fourth-order valence-electron chi connectivity index (χ4n) is 2.31. The Labute approximate surface area is 152 Å². The van der Waals surface area contributed by atoms with Crippen molar-refractivity contribution in [2.75, 3.05) is 7.05 Å². The summed E-state index contributed by atoms with van der Waals surface area (Å²) in [6, 6.07) is 10.4. The van der Waals surface area contributed by atoms with Gasteiger partial charge in [0.15, 0.2) is 0 Å². The van der Waals surface area contributed by atoms with Crippen molar-refractivity contribution in [3.8, 4) is 0 Å². The third-order valence-electron chi connectivity index (χ3n) is 4.05. The molecule has 2 rings (SSSR count). The highest BCUT2D eigenvalue weighted by Gasteiger charge is 2.26. The molecule has 4 N–H and O–H groups in total. The molecule has 0 aliphatic carbocycles. The molecule has 0 saturated heterocycles. The Balaban J connectivity index is 2.30. The van der Waals surface area contributed by atoms with Crippen molar-refractivity contribution in [2.45, 2.75) is 22.8 Å². The minimum Gasteiger partial charge on any atom is -0.366 e. The van der Waals surface area contributed by atoms with Gasteiger partial charge >= 0.3 is 0 Å². The van der Waals surface area contributed by atoms with Crippen LogP contribution in [0.15, 0.2) is 58.3 Å². The molecule has 0 heterocycles. The molecule has 0 aliphatic rings. The summed E-state index contributed by atoms with van der Waals surface area (Å²) in [5, 5.41) is 5.05. The van der Waals surface area contributed by atoms with Gasteiger partial charge in [-0.25, -0.2) is 22.0 Å². The summed E-state index contributed by atoms with van der Waals surface area (Å²) < 4.78 is 49.3. The lowest BCUT2D eigenvalue weighted by Gasteiger charge is -2.25. The number of rotatable bonds is 6. The standard InChI is InChI=1S/C16H19N3O5S2/c1-11(12-3-7-14(8-4-12)25(18,21)22)19(2)26(23,24)15-9-5-13(6-10-15)16(17)20/h3-11H,1-2H3,(H2,17,20)(H2,18,21,22). The van der Waals surface area contributed by atoms with Crippen molar-refractivity contribution < 1.29 is 21.6 Å². The van der Waals surface area contributed by atoms with Gasteiger partial charge in [0.2, 0.25) is 26.0 Å². The summed E-state index contributed by atoms with van der Waals surface area (Å²) in [6.07, 6.45) is 0. The second-order valence-electron chi connectivity index (χ2n) is 5.70. The lowest BCUT2D eigenvalue weighted by atomic mass is 10.1. The summed E-state index contributed by atoms with van der Waals surface area (Å²) >= 11 is 0. The van der Waals surface area contributed by atoms with Crippen molar-refractivity contribution in [1.29, 1.82) is 0 Å². The van der Waals surface area contributed by atoms with Crippen LogP contribution < -0.4 is 10.9 Å². The molecule has 140 valence electrons. The van der Waals surface area contributed by atoms with E-state index < -0.39 is 32.0 Å². The summed E-state index contributed by atoms with van der Waals surface area (Å²) in [7, 11) is -6.23. The molecule has 0 spiro atoms. The summed E-state index contributed by atoms with van der Waals surface area (Å²) in [5.74, 6) is -0.648. The van der Waals surface area contributed by atoms with E-state index in [1.165, 1.54) is 55.6 Å². The first-order chi connectivity index (χ1) is 11.9. The number of nitrogens with two attached hydrogens (primary N) is 2. The summed E-state index contributed by atoms with van der Waals surface area (Å²) in [4.78, 5) is 11.1. The van der Waals surface area contributed by atoms with Crippen LogP contribution in [0.1, 0.15) is 28.9 Å². The zero-order valence-corrected chi connectivity index (χ0v) is 15.8. The van der Waals surface area contributed by atoms with Gasteiger partial charge < -0.3 is 5.73 Å². The number of hydrogen-bond acceptors (Lipinski definition) is 5. The van der Waals surface area contributed by atoms with Gasteiger partial charge in [-0.1, -0.05) is 12.1 Å². The first-order valence-electron chi connectivity index (χ1n) is 7.45. The van der Waals surface area contributed by atoms with E-state index >= 15 is 0 Å². The molecule has 1 unspecified atom stereocenters. The molecule has 8 nitrogen and oxygen atoms in total. The Morgan fingerprint density at radius 3 is 1.81 bits per heavy atom. The predicted octanol–water partition coefficient (Wildman–Crippen LogP) is 0.815. The van der Waals surface area contributed by atoms with Gasteiger partial charge in [-0.05, 0) is 48.9 Å². The van der Waals surface area contributed by atoms with Crippen LogP contribution in [0.2, 0.25) is 0 Å². The molecule has 0 saturated carbocycles. The lowest BCUT2D eigenvalue weighted by molar-refractivity contribution is 0.1000. The Morgan fingerprint density at radius 2 is 1.38 bits per heavy atom. The Kier molecular flexibility index (Phi) is 5.52. The maximum absolute atomic E-state index is 12.7. The van der Waals surface area contributed by atoms with Crippen LogP contribution in [0.5, 0.6) is 0 Å². The smallest absolute Gasteiger partial charge is 0.248 e. The normalized spacial score (nSPS) is 13.5. The Bertz CT molecular complexity index is 1010. The largest absolute Gasteiger partial charge is 0.366 e. The average Bonchev–Trinajstić information content (AvgIpc) is 2.59. The molecule has 1 amide bonds. The average molecular weight is 397 g/mol. The van der Waals surface area contributed by atoms with E-state index in [2.05, 4.69) is 0 Å². The van der Waals surface area contributed by atoms with Crippen molar-refractivity contribution in [1.82, 2.24) is 4.31 Å². The number of amides is 1. The van der Waals surface area contributed by atoms with Crippen molar-refractivity contribution >= 4 is 26.0 Å². The molecule has 2 aromatic rings. The van der Waals surface area contributed by atoms with Gasteiger partial charge in [-0.2, -0.15) is 4.31 Å². The van der Waals surface area contributed by atoms with E-state index in [4.69, 9.17) is 10.9 Å². The highest BCUT2D eigenvalue weighted by atomic mass is 32.2. The minimum atomic E-state index is -3.83. The monoisotopic (exact) mass is 397 g/mol. The van der Waals surface area contributed by atoms with E-state index in [1.54, 1.807) is 6.92 Å². The van der Waals surface area contributed by atoms with Crippen LogP contribution >= 0.6 is 0 Å². The van der Waals surface area contributed by atoms with E-state index in [0.29, 0.717) is 5.56 Å². The summed E-state index contributed by atoms with van der Waals surface area (Å²) in [5.41, 5.74) is 5.95. The predicted molar refractivity (Wildman–Crippen MR) is 96.1 cm³/mol. The highest BCUT2D eigenvalue weighted by Crippen LogP contribution is 2.26. The quantitative estimate of drug-likeness (QED) is 0.742. The van der Waals surface area contributed by atoms with Gasteiger partial charge in [-0.3, -0.25) is 4.79 Å². The number of carbonyl (C=O) groups excluding carboxylic acids is 1. The molecule has 0 aromatic heterocycles. The van der Waals surface area contributed by atoms with Crippen LogP contribution in [-0.4, -0.2) is 34.1 Å². The van der Waals surface area contributed by atoms with E-state index in [-0.39, 0.29) is 15.4 Å². The number of hydrogen-bond donors (Lipinski definition) is 2. The molecule has 0 fully saturated rings. The molecule has 1 atom stereocenters. The molecular formula is C16H19N3O5S2. The van der Waals surface area contributed by atoms with Crippen molar-refractivity contribution in [3.63, 3.8) is 0 Å². The maximum atomic E-state index is 12.7. The third kappa shape index (κ3) is 4.10. The number of primary sulfonamides is 1. The third-order valence-corrected chi connectivity index (χ3v) is 6.92. The maximum Gasteiger partial charge on any atom is 0.248 e. The van der Waals surface area contributed by atoms with Crippen LogP contribution in [0.25, 0.3) is 0 Å². The highest BCUT2D eigenvalue weighted by molar-refractivity contribution is 7.89. The first kappa shape index (κ1) is 20.0. The Morgan fingerprint density at radius 1 is 0.923 bits per heavy atom. The SMILES string of the molecule is CC(c1ccc(S(N)(=O)=O)cc1)N(C)S(=O)(=O)c1ccc(C(N)=O)cc1. The summed E-state index contributed by atoms with van der Waals surface area (Å²) in [6.45, 7) is 1.67. The second kappa shape index (κ2) is 7.16.